The van der Waals surface area contributed by atoms with Gasteiger partial charge >= 0.3 is 0 Å². The second-order valence-corrected chi connectivity index (χ2v) is 7.49. The van der Waals surface area contributed by atoms with E-state index in [1.807, 2.05) is 24.3 Å². The zero-order chi connectivity index (χ0) is 19.6. The quantitative estimate of drug-likeness (QED) is 0.584. The number of nitrogens with zero attached hydrogens (tertiary/aromatic N) is 5. The van der Waals surface area contributed by atoms with Crippen LogP contribution in [-0.4, -0.2) is 38.8 Å². The smallest absolute Gasteiger partial charge is 0.223 e. The molecule has 1 saturated heterocycles. The van der Waals surface area contributed by atoms with E-state index in [1.54, 1.807) is 10.8 Å². The highest BCUT2D eigenvalue weighted by Gasteiger charge is 2.25. The number of amides is 1. The second-order valence-electron chi connectivity index (χ2n) is 7.49. The molecule has 0 spiro atoms. The maximum Gasteiger partial charge on any atom is 0.223 e. The molecular formula is C22H22N6O. The summed E-state index contributed by atoms with van der Waals surface area (Å²) in [5.41, 5.74) is 1.86. The number of rotatable bonds is 4. The lowest BCUT2D eigenvalue weighted by molar-refractivity contribution is -0.125. The maximum atomic E-state index is 12.7. The maximum absolute atomic E-state index is 12.7. The van der Waals surface area contributed by atoms with Crippen LogP contribution in [0.3, 0.4) is 0 Å². The van der Waals surface area contributed by atoms with Gasteiger partial charge in [-0.1, -0.05) is 36.4 Å². The van der Waals surface area contributed by atoms with Crippen LogP contribution in [0.2, 0.25) is 0 Å². The van der Waals surface area contributed by atoms with Crippen molar-refractivity contribution in [1.82, 2.24) is 25.1 Å². The van der Waals surface area contributed by atoms with Crippen LogP contribution in [0.4, 0.5) is 5.82 Å². The van der Waals surface area contributed by atoms with Gasteiger partial charge in [-0.2, -0.15) is 4.52 Å². The lowest BCUT2D eigenvalue weighted by atomic mass is 9.95. The molecule has 1 amide bonds. The van der Waals surface area contributed by atoms with Crippen LogP contribution < -0.4 is 10.2 Å². The molecule has 0 bridgehead atoms. The fourth-order valence-corrected chi connectivity index (χ4v) is 3.94. The number of piperidine rings is 1. The minimum Gasteiger partial charge on any atom is -0.355 e. The monoisotopic (exact) mass is 386 g/mol. The van der Waals surface area contributed by atoms with Gasteiger partial charge in [0.1, 0.15) is 12.1 Å². The number of nitrogens with one attached hydrogen (secondary N) is 1. The van der Waals surface area contributed by atoms with Crippen molar-refractivity contribution >= 4 is 28.1 Å². The molecule has 7 heteroatoms. The summed E-state index contributed by atoms with van der Waals surface area (Å²) in [6.07, 6.45) is 3.25. The van der Waals surface area contributed by atoms with Gasteiger partial charge < -0.3 is 10.2 Å². The number of fused-ring (bicyclic) bond motifs is 2. The summed E-state index contributed by atoms with van der Waals surface area (Å²) >= 11 is 0. The Morgan fingerprint density at radius 1 is 1.03 bits per heavy atom. The molecule has 1 aliphatic heterocycles. The topological polar surface area (TPSA) is 75.4 Å². The molecule has 0 aliphatic carbocycles. The first kappa shape index (κ1) is 17.6. The van der Waals surface area contributed by atoms with Crippen LogP contribution in [0, 0.1) is 5.92 Å². The second kappa shape index (κ2) is 7.50. The van der Waals surface area contributed by atoms with E-state index in [-0.39, 0.29) is 11.8 Å². The highest BCUT2D eigenvalue weighted by atomic mass is 16.1. The molecule has 3 heterocycles. The van der Waals surface area contributed by atoms with Gasteiger partial charge in [0.05, 0.1) is 0 Å². The minimum absolute atomic E-state index is 0.0466. The largest absolute Gasteiger partial charge is 0.355 e. The molecule has 5 rings (SSSR count). The predicted octanol–water partition coefficient (Wildman–Crippen LogP) is 2.81. The van der Waals surface area contributed by atoms with Crippen molar-refractivity contribution in [1.29, 1.82) is 0 Å². The average molecular weight is 386 g/mol. The zero-order valence-corrected chi connectivity index (χ0v) is 16.0. The summed E-state index contributed by atoms with van der Waals surface area (Å²) in [6.45, 7) is 2.19. The Balaban J connectivity index is 1.17. The Labute approximate surface area is 168 Å². The molecule has 2 aromatic carbocycles. The zero-order valence-electron chi connectivity index (χ0n) is 16.0. The van der Waals surface area contributed by atoms with Crippen LogP contribution in [0.25, 0.3) is 16.4 Å². The van der Waals surface area contributed by atoms with E-state index in [4.69, 9.17) is 0 Å². The third-order valence-electron chi connectivity index (χ3n) is 5.62. The van der Waals surface area contributed by atoms with Gasteiger partial charge in [-0.05, 0) is 47.4 Å². The number of carbonyl (C=O) groups excluding carboxylic acids is 1. The van der Waals surface area contributed by atoms with Gasteiger partial charge in [-0.15, -0.1) is 15.3 Å². The van der Waals surface area contributed by atoms with Crippen LogP contribution >= 0.6 is 0 Å². The van der Waals surface area contributed by atoms with E-state index in [1.165, 1.54) is 10.8 Å². The van der Waals surface area contributed by atoms with Crippen molar-refractivity contribution in [3.63, 3.8) is 0 Å². The van der Waals surface area contributed by atoms with Gasteiger partial charge in [-0.25, -0.2) is 0 Å². The number of benzene rings is 2. The van der Waals surface area contributed by atoms with E-state index >= 15 is 0 Å². The van der Waals surface area contributed by atoms with Gasteiger partial charge in [0, 0.05) is 25.6 Å². The summed E-state index contributed by atoms with van der Waals surface area (Å²) in [6, 6.07) is 18.5. The van der Waals surface area contributed by atoms with Crippen molar-refractivity contribution in [2.24, 2.45) is 5.92 Å². The van der Waals surface area contributed by atoms with Gasteiger partial charge in [-0.3, -0.25) is 4.79 Å². The van der Waals surface area contributed by atoms with E-state index in [2.05, 4.69) is 55.8 Å². The number of anilines is 1. The van der Waals surface area contributed by atoms with Crippen molar-refractivity contribution < 1.29 is 4.79 Å². The average Bonchev–Trinajstić information content (AvgIpc) is 3.25. The Hall–Kier alpha value is -3.48. The normalized spacial score (nSPS) is 15.1. The fraction of sp³-hybridized carbons (Fsp3) is 0.273. The molecule has 7 nitrogen and oxygen atoms in total. The van der Waals surface area contributed by atoms with Crippen molar-refractivity contribution in [2.45, 2.75) is 19.4 Å². The molecule has 1 fully saturated rings. The minimum atomic E-state index is 0.0466. The molecule has 2 aromatic heterocycles. The summed E-state index contributed by atoms with van der Waals surface area (Å²) in [5, 5.41) is 17.9. The Morgan fingerprint density at radius 2 is 1.86 bits per heavy atom. The standard InChI is InChI=1S/C22H22N6O/c29-22(23-14-16-5-6-17-3-1-2-4-19(17)13-16)18-9-11-27(12-10-18)21-8-7-20-25-24-15-28(20)26-21/h1-8,13,15,18H,9-12,14H2,(H,23,29). The molecule has 4 aromatic rings. The SMILES string of the molecule is O=C(NCc1ccc2ccccc2c1)C1CCN(c2ccc3nncn3n2)CC1. The summed E-state index contributed by atoms with van der Waals surface area (Å²) in [5.74, 6) is 1.08. The van der Waals surface area contributed by atoms with E-state index in [9.17, 15) is 4.79 Å². The third kappa shape index (κ3) is 3.63. The fourth-order valence-electron chi connectivity index (χ4n) is 3.94. The lowest BCUT2D eigenvalue weighted by Gasteiger charge is -2.32. The first-order chi connectivity index (χ1) is 14.3. The highest BCUT2D eigenvalue weighted by Crippen LogP contribution is 2.22. The lowest BCUT2D eigenvalue weighted by Crippen LogP contribution is -2.40. The Morgan fingerprint density at radius 3 is 2.72 bits per heavy atom. The van der Waals surface area contributed by atoms with Crippen molar-refractivity contribution in [2.75, 3.05) is 18.0 Å². The van der Waals surface area contributed by atoms with Crippen LogP contribution in [-0.2, 0) is 11.3 Å². The molecule has 0 saturated carbocycles. The van der Waals surface area contributed by atoms with Crippen molar-refractivity contribution in [3.8, 4) is 0 Å². The summed E-state index contributed by atoms with van der Waals surface area (Å²) in [7, 11) is 0. The number of hydrogen-bond donors (Lipinski definition) is 1. The molecule has 0 atom stereocenters. The molecule has 0 unspecified atom stereocenters. The first-order valence-corrected chi connectivity index (χ1v) is 9.94. The molecule has 29 heavy (non-hydrogen) atoms. The predicted molar refractivity (Wildman–Crippen MR) is 112 cm³/mol. The molecular weight excluding hydrogens is 364 g/mol. The number of aromatic nitrogens is 4. The van der Waals surface area contributed by atoms with Crippen molar-refractivity contribution in [3.05, 3.63) is 66.5 Å². The highest BCUT2D eigenvalue weighted by molar-refractivity contribution is 5.83. The van der Waals surface area contributed by atoms with Crippen LogP contribution in [0.5, 0.6) is 0 Å². The Bertz CT molecular complexity index is 1160. The van der Waals surface area contributed by atoms with Gasteiger partial charge in [0.25, 0.3) is 0 Å². The Kier molecular flexibility index (Phi) is 4.56. The number of hydrogen-bond acceptors (Lipinski definition) is 5. The third-order valence-corrected chi connectivity index (χ3v) is 5.62. The van der Waals surface area contributed by atoms with E-state index < -0.39 is 0 Å². The molecule has 1 N–H and O–H groups in total. The first-order valence-electron chi connectivity index (χ1n) is 9.94. The van der Waals surface area contributed by atoms with Gasteiger partial charge in [0.15, 0.2) is 5.65 Å². The number of carbonyl (C=O) groups is 1. The van der Waals surface area contributed by atoms with Gasteiger partial charge in [0.2, 0.25) is 5.91 Å². The van der Waals surface area contributed by atoms with E-state index in [0.717, 1.165) is 43.0 Å². The van der Waals surface area contributed by atoms with Crippen LogP contribution in [0.1, 0.15) is 18.4 Å². The van der Waals surface area contributed by atoms with E-state index in [0.29, 0.717) is 6.54 Å². The molecule has 0 radical (unpaired) electrons. The molecule has 146 valence electrons. The summed E-state index contributed by atoms with van der Waals surface area (Å²) < 4.78 is 1.68. The van der Waals surface area contributed by atoms with Crippen LogP contribution in [0.15, 0.2) is 60.9 Å². The summed E-state index contributed by atoms with van der Waals surface area (Å²) in [4.78, 5) is 14.9. The molecule has 1 aliphatic rings.